The number of ether oxygens (including phenoxy) is 1. The molecule has 100 valence electrons. The predicted molar refractivity (Wildman–Crippen MR) is 67.7 cm³/mol. The highest BCUT2D eigenvalue weighted by Crippen LogP contribution is 2.36. The van der Waals surface area contributed by atoms with Crippen molar-refractivity contribution in [2.45, 2.75) is 13.3 Å². The number of nitrogens with two attached hydrogens (primary N) is 1. The zero-order valence-corrected chi connectivity index (χ0v) is 10.2. The number of hydrogen-bond acceptors (Lipinski definition) is 2. The van der Waals surface area contributed by atoms with Gasteiger partial charge in [-0.15, -0.1) is 13.2 Å². The van der Waals surface area contributed by atoms with E-state index in [0.29, 0.717) is 16.8 Å². The summed E-state index contributed by atoms with van der Waals surface area (Å²) < 4.78 is 41.2. The second kappa shape index (κ2) is 4.84. The summed E-state index contributed by atoms with van der Waals surface area (Å²) in [5.41, 5.74) is 8.01. The lowest BCUT2D eigenvalue weighted by molar-refractivity contribution is -0.274. The molecule has 2 nitrogen and oxygen atoms in total. The summed E-state index contributed by atoms with van der Waals surface area (Å²) in [5, 5.41) is 0. The summed E-state index contributed by atoms with van der Waals surface area (Å²) >= 11 is 0. The van der Waals surface area contributed by atoms with Crippen molar-refractivity contribution in [2.24, 2.45) is 0 Å². The van der Waals surface area contributed by atoms with Crippen molar-refractivity contribution in [3.8, 4) is 16.9 Å². The first-order valence-electron chi connectivity index (χ1n) is 5.59. The van der Waals surface area contributed by atoms with Crippen LogP contribution in [0.3, 0.4) is 0 Å². The monoisotopic (exact) mass is 267 g/mol. The van der Waals surface area contributed by atoms with Crippen LogP contribution in [0.2, 0.25) is 0 Å². The number of benzene rings is 2. The molecule has 0 saturated heterocycles. The molecule has 19 heavy (non-hydrogen) atoms. The van der Waals surface area contributed by atoms with Crippen molar-refractivity contribution in [3.05, 3.63) is 48.0 Å². The fourth-order valence-corrected chi connectivity index (χ4v) is 1.85. The number of nitrogen functional groups attached to an aromatic ring is 1. The largest absolute Gasteiger partial charge is 0.573 e. The van der Waals surface area contributed by atoms with Crippen LogP contribution in [0, 0.1) is 6.92 Å². The second-order valence-electron chi connectivity index (χ2n) is 4.06. The Kier molecular flexibility index (Phi) is 3.38. The molecule has 0 fully saturated rings. The molecule has 2 rings (SSSR count). The Morgan fingerprint density at radius 1 is 0.947 bits per heavy atom. The fraction of sp³-hybridized carbons (Fsp3) is 0.143. The molecule has 0 aliphatic rings. The number of para-hydroxylation sites is 1. The van der Waals surface area contributed by atoms with Gasteiger partial charge < -0.3 is 10.5 Å². The Morgan fingerprint density at radius 2 is 1.58 bits per heavy atom. The molecule has 0 heterocycles. The van der Waals surface area contributed by atoms with E-state index in [9.17, 15) is 13.2 Å². The summed E-state index contributed by atoms with van der Waals surface area (Å²) in [6, 6.07) is 11.1. The van der Waals surface area contributed by atoms with Gasteiger partial charge in [-0.2, -0.15) is 0 Å². The number of alkyl halides is 3. The molecule has 0 amide bonds. The SMILES string of the molecule is Cc1c(N)cccc1-c1ccccc1OC(F)(F)F. The molecule has 5 heteroatoms. The van der Waals surface area contributed by atoms with E-state index in [4.69, 9.17) is 5.73 Å². The highest BCUT2D eigenvalue weighted by atomic mass is 19.4. The van der Waals surface area contributed by atoms with Crippen LogP contribution in [-0.4, -0.2) is 6.36 Å². The van der Waals surface area contributed by atoms with Crippen molar-refractivity contribution in [1.82, 2.24) is 0 Å². The Morgan fingerprint density at radius 3 is 2.26 bits per heavy atom. The van der Waals surface area contributed by atoms with Crippen LogP contribution in [0.1, 0.15) is 5.56 Å². The minimum atomic E-state index is -4.72. The van der Waals surface area contributed by atoms with Crippen molar-refractivity contribution in [2.75, 3.05) is 5.73 Å². The van der Waals surface area contributed by atoms with Gasteiger partial charge in [0.15, 0.2) is 0 Å². The Labute approximate surface area is 108 Å². The first-order chi connectivity index (χ1) is 8.88. The lowest BCUT2D eigenvalue weighted by Gasteiger charge is -2.15. The van der Waals surface area contributed by atoms with Gasteiger partial charge in [0, 0.05) is 11.3 Å². The van der Waals surface area contributed by atoms with Crippen LogP contribution in [0.25, 0.3) is 11.1 Å². The van der Waals surface area contributed by atoms with E-state index in [2.05, 4.69) is 4.74 Å². The molecule has 0 bridgehead atoms. The minimum absolute atomic E-state index is 0.233. The van der Waals surface area contributed by atoms with Crippen LogP contribution in [0.4, 0.5) is 18.9 Å². The molecule has 2 N–H and O–H groups in total. The zero-order chi connectivity index (χ0) is 14.0. The first-order valence-corrected chi connectivity index (χ1v) is 5.59. The molecule has 0 saturated carbocycles. The van der Waals surface area contributed by atoms with Gasteiger partial charge in [-0.1, -0.05) is 30.3 Å². The van der Waals surface area contributed by atoms with Gasteiger partial charge in [-0.3, -0.25) is 0 Å². The molecule has 0 unspecified atom stereocenters. The Bertz CT molecular complexity index is 593. The molecule has 0 aromatic heterocycles. The zero-order valence-electron chi connectivity index (χ0n) is 10.2. The van der Waals surface area contributed by atoms with Crippen molar-refractivity contribution >= 4 is 5.69 Å². The lowest BCUT2D eigenvalue weighted by atomic mass is 9.98. The third-order valence-electron chi connectivity index (χ3n) is 2.78. The quantitative estimate of drug-likeness (QED) is 0.830. The van der Waals surface area contributed by atoms with Gasteiger partial charge >= 0.3 is 6.36 Å². The van der Waals surface area contributed by atoms with Gasteiger partial charge in [0.1, 0.15) is 5.75 Å². The van der Waals surface area contributed by atoms with Gasteiger partial charge in [-0.05, 0) is 30.2 Å². The van der Waals surface area contributed by atoms with E-state index < -0.39 is 6.36 Å². The average Bonchev–Trinajstić information content (AvgIpc) is 2.32. The van der Waals surface area contributed by atoms with Crippen LogP contribution in [0.5, 0.6) is 5.75 Å². The van der Waals surface area contributed by atoms with Gasteiger partial charge in [0.05, 0.1) is 0 Å². The van der Waals surface area contributed by atoms with Crippen molar-refractivity contribution in [3.63, 3.8) is 0 Å². The van der Waals surface area contributed by atoms with Crippen LogP contribution >= 0.6 is 0 Å². The van der Waals surface area contributed by atoms with E-state index in [0.717, 1.165) is 5.56 Å². The molecule has 2 aromatic carbocycles. The second-order valence-corrected chi connectivity index (χ2v) is 4.06. The Balaban J connectivity index is 2.54. The van der Waals surface area contributed by atoms with Crippen molar-refractivity contribution in [1.29, 1.82) is 0 Å². The smallest absolute Gasteiger partial charge is 0.405 e. The molecular formula is C14H12F3NO. The Hall–Kier alpha value is -2.17. The third kappa shape index (κ3) is 2.99. The summed E-state index contributed by atoms with van der Waals surface area (Å²) in [7, 11) is 0. The van der Waals surface area contributed by atoms with E-state index in [-0.39, 0.29) is 5.75 Å². The highest BCUT2D eigenvalue weighted by molar-refractivity contribution is 5.77. The molecule has 0 atom stereocenters. The summed E-state index contributed by atoms with van der Waals surface area (Å²) in [6.45, 7) is 1.76. The van der Waals surface area contributed by atoms with E-state index >= 15 is 0 Å². The minimum Gasteiger partial charge on any atom is -0.405 e. The maximum Gasteiger partial charge on any atom is 0.573 e. The average molecular weight is 267 g/mol. The molecule has 0 radical (unpaired) electrons. The number of hydrogen-bond donors (Lipinski definition) is 1. The van der Waals surface area contributed by atoms with Crippen LogP contribution in [0.15, 0.2) is 42.5 Å². The number of rotatable bonds is 2. The molecule has 2 aromatic rings. The fourth-order valence-electron chi connectivity index (χ4n) is 1.85. The standard InChI is InChI=1S/C14H12F3NO/c1-9-10(6-4-7-12(9)18)11-5-2-3-8-13(11)19-14(15,16)17/h2-8H,18H2,1H3. The number of halogens is 3. The van der Waals surface area contributed by atoms with Gasteiger partial charge in [0.25, 0.3) is 0 Å². The number of anilines is 1. The molecular weight excluding hydrogens is 255 g/mol. The van der Waals surface area contributed by atoms with Gasteiger partial charge in [-0.25, -0.2) is 0 Å². The molecule has 0 spiro atoms. The summed E-state index contributed by atoms with van der Waals surface area (Å²) in [6.07, 6.45) is -4.72. The van der Waals surface area contributed by atoms with Crippen LogP contribution < -0.4 is 10.5 Å². The first kappa shape index (κ1) is 13.3. The predicted octanol–water partition coefficient (Wildman–Crippen LogP) is 4.14. The third-order valence-corrected chi connectivity index (χ3v) is 2.78. The van der Waals surface area contributed by atoms with Crippen LogP contribution in [-0.2, 0) is 0 Å². The molecule has 0 aliphatic heterocycles. The summed E-state index contributed by atoms with van der Waals surface area (Å²) in [5.74, 6) is -0.233. The normalized spacial score (nSPS) is 11.4. The summed E-state index contributed by atoms with van der Waals surface area (Å²) in [4.78, 5) is 0. The maximum absolute atomic E-state index is 12.4. The highest BCUT2D eigenvalue weighted by Gasteiger charge is 2.32. The van der Waals surface area contributed by atoms with E-state index in [1.54, 1.807) is 37.3 Å². The topological polar surface area (TPSA) is 35.2 Å². The molecule has 0 aliphatic carbocycles. The van der Waals surface area contributed by atoms with Gasteiger partial charge in [0.2, 0.25) is 0 Å². The van der Waals surface area contributed by atoms with E-state index in [1.165, 1.54) is 12.1 Å². The lowest BCUT2D eigenvalue weighted by Crippen LogP contribution is -2.17. The maximum atomic E-state index is 12.4. The van der Waals surface area contributed by atoms with Crippen molar-refractivity contribution < 1.29 is 17.9 Å². The van der Waals surface area contributed by atoms with E-state index in [1.807, 2.05) is 0 Å².